The molecule has 30 heavy (non-hydrogen) atoms. The van der Waals surface area contributed by atoms with Gasteiger partial charge < -0.3 is 4.90 Å². The molecule has 3 amide bonds. The summed E-state index contributed by atoms with van der Waals surface area (Å²) in [5.41, 5.74) is 3.22. The summed E-state index contributed by atoms with van der Waals surface area (Å²) in [5.74, 6) is -0.250. The fraction of sp³-hybridized carbons (Fsp3) is 0.550. The van der Waals surface area contributed by atoms with Crippen LogP contribution in [-0.4, -0.2) is 66.7 Å². The summed E-state index contributed by atoms with van der Waals surface area (Å²) in [6, 6.07) is 1.67. The van der Waals surface area contributed by atoms with Gasteiger partial charge in [-0.1, -0.05) is 17.8 Å². The smallest absolute Gasteiger partial charge is 0.289 e. The third kappa shape index (κ3) is 4.40. The highest BCUT2D eigenvalue weighted by Crippen LogP contribution is 2.27. The molecular weight excluding hydrogens is 426 g/mol. The van der Waals surface area contributed by atoms with Crippen LogP contribution in [0.5, 0.6) is 0 Å². The van der Waals surface area contributed by atoms with Crippen molar-refractivity contribution in [1.82, 2.24) is 14.5 Å². The van der Waals surface area contributed by atoms with Gasteiger partial charge in [0.05, 0.1) is 16.7 Å². The first-order chi connectivity index (χ1) is 14.0. The van der Waals surface area contributed by atoms with Crippen LogP contribution in [0.2, 0.25) is 0 Å². The summed E-state index contributed by atoms with van der Waals surface area (Å²) in [4.78, 5) is 39.4. The third-order valence-electron chi connectivity index (χ3n) is 5.86. The Morgan fingerprint density at radius 1 is 1.17 bits per heavy atom. The number of carbonyl (C=O) groups is 3. The molecule has 1 N–H and O–H groups in total. The molecule has 1 atom stereocenters. The maximum atomic E-state index is 12.9. The molecular formula is C20H27N3O5S2. The van der Waals surface area contributed by atoms with E-state index in [1.807, 2.05) is 19.9 Å². The van der Waals surface area contributed by atoms with E-state index >= 15 is 0 Å². The second-order valence-electron chi connectivity index (χ2n) is 7.84. The van der Waals surface area contributed by atoms with Gasteiger partial charge in [0.1, 0.15) is 0 Å². The SMILES string of the molecule is Cc1cc(C)c(C)c(S(=O)(=O)NCCC(=O)N2CCC(N3C(=O)CSC3=O)C2)c1C. The van der Waals surface area contributed by atoms with E-state index < -0.39 is 10.0 Å². The Kier molecular flexibility index (Phi) is 6.59. The Balaban J connectivity index is 1.59. The average Bonchev–Trinajstić information content (AvgIpc) is 3.26. The molecule has 8 nitrogen and oxygen atoms in total. The molecule has 0 aliphatic carbocycles. The number of carbonyl (C=O) groups excluding carboxylic acids is 3. The van der Waals surface area contributed by atoms with Crippen molar-refractivity contribution in [3.05, 3.63) is 28.3 Å². The summed E-state index contributed by atoms with van der Waals surface area (Å²) in [6.07, 6.45) is 0.571. The average molecular weight is 454 g/mol. The lowest BCUT2D eigenvalue weighted by atomic mass is 10.0. The summed E-state index contributed by atoms with van der Waals surface area (Å²) in [6.45, 7) is 8.07. The van der Waals surface area contributed by atoms with Crippen molar-refractivity contribution in [3.63, 3.8) is 0 Å². The van der Waals surface area contributed by atoms with Crippen LogP contribution in [-0.2, 0) is 19.6 Å². The molecule has 2 saturated heterocycles. The second-order valence-corrected chi connectivity index (χ2v) is 10.5. The van der Waals surface area contributed by atoms with E-state index in [0.717, 1.165) is 22.9 Å². The highest BCUT2D eigenvalue weighted by atomic mass is 32.2. The van der Waals surface area contributed by atoms with Crippen LogP contribution >= 0.6 is 11.8 Å². The number of aryl methyl sites for hydroxylation is 2. The van der Waals surface area contributed by atoms with Crippen molar-refractivity contribution in [2.75, 3.05) is 25.4 Å². The maximum Gasteiger partial charge on any atom is 0.289 e. The van der Waals surface area contributed by atoms with E-state index in [-0.39, 0.29) is 46.7 Å². The molecule has 164 valence electrons. The van der Waals surface area contributed by atoms with Gasteiger partial charge >= 0.3 is 0 Å². The lowest BCUT2D eigenvalue weighted by Gasteiger charge is -2.22. The number of nitrogens with one attached hydrogen (secondary N) is 1. The largest absolute Gasteiger partial charge is 0.340 e. The van der Waals surface area contributed by atoms with Gasteiger partial charge in [-0.2, -0.15) is 0 Å². The van der Waals surface area contributed by atoms with Crippen molar-refractivity contribution in [3.8, 4) is 0 Å². The second kappa shape index (κ2) is 8.68. The maximum absolute atomic E-state index is 12.9. The van der Waals surface area contributed by atoms with E-state index in [2.05, 4.69) is 4.72 Å². The first kappa shape index (κ1) is 22.8. The zero-order valence-corrected chi connectivity index (χ0v) is 19.3. The first-order valence-electron chi connectivity index (χ1n) is 9.86. The topological polar surface area (TPSA) is 104 Å². The monoisotopic (exact) mass is 453 g/mol. The van der Waals surface area contributed by atoms with Gasteiger partial charge in [-0.05, 0) is 56.4 Å². The third-order valence-corrected chi connectivity index (χ3v) is 8.43. The van der Waals surface area contributed by atoms with Gasteiger partial charge in [0.2, 0.25) is 21.8 Å². The number of sulfonamides is 1. The quantitative estimate of drug-likeness (QED) is 0.705. The minimum absolute atomic E-state index is 0.00830. The van der Waals surface area contributed by atoms with E-state index in [4.69, 9.17) is 0 Å². The summed E-state index contributed by atoms with van der Waals surface area (Å²) >= 11 is 0.986. The van der Waals surface area contributed by atoms with Gasteiger partial charge in [0.25, 0.3) is 5.24 Å². The predicted octanol–water partition coefficient (Wildman–Crippen LogP) is 1.88. The molecule has 3 rings (SSSR count). The van der Waals surface area contributed by atoms with Crippen molar-refractivity contribution >= 4 is 38.8 Å². The molecule has 0 radical (unpaired) electrons. The van der Waals surface area contributed by atoms with Crippen LogP contribution in [0.15, 0.2) is 11.0 Å². The van der Waals surface area contributed by atoms with Crippen LogP contribution < -0.4 is 4.72 Å². The summed E-state index contributed by atoms with van der Waals surface area (Å²) in [7, 11) is -3.75. The number of amides is 3. The normalized spacial score (nSPS) is 19.8. The molecule has 2 aliphatic rings. The van der Waals surface area contributed by atoms with E-state index in [0.29, 0.717) is 30.6 Å². The van der Waals surface area contributed by atoms with Crippen molar-refractivity contribution < 1.29 is 22.8 Å². The molecule has 2 aliphatic heterocycles. The minimum Gasteiger partial charge on any atom is -0.340 e. The first-order valence-corrected chi connectivity index (χ1v) is 12.3. The minimum atomic E-state index is -3.75. The number of benzene rings is 1. The number of hydrogen-bond donors (Lipinski definition) is 1. The number of nitrogens with zero attached hydrogens (tertiary/aromatic N) is 2. The molecule has 0 saturated carbocycles. The van der Waals surface area contributed by atoms with E-state index in [1.165, 1.54) is 4.90 Å². The number of thioether (sulfide) groups is 1. The molecule has 0 spiro atoms. The highest BCUT2D eigenvalue weighted by molar-refractivity contribution is 8.14. The van der Waals surface area contributed by atoms with Crippen LogP contribution in [0.1, 0.15) is 35.1 Å². The Bertz CT molecular complexity index is 964. The number of rotatable bonds is 6. The van der Waals surface area contributed by atoms with Crippen LogP contribution in [0.3, 0.4) is 0 Å². The standard InChI is InChI=1S/C20H27N3O5S2/c1-12-9-13(2)15(4)19(14(12)3)30(27,28)21-7-5-17(24)22-8-6-16(10-22)23-18(25)11-29-20(23)26/h9,16,21H,5-8,10-11H2,1-4H3. The summed E-state index contributed by atoms with van der Waals surface area (Å²) < 4.78 is 28.3. The van der Waals surface area contributed by atoms with Gasteiger partial charge in [-0.25, -0.2) is 13.1 Å². The Hall–Kier alpha value is -1.91. The molecule has 10 heteroatoms. The molecule has 0 bridgehead atoms. The van der Waals surface area contributed by atoms with E-state index in [1.54, 1.807) is 18.7 Å². The molecule has 1 unspecified atom stereocenters. The predicted molar refractivity (Wildman–Crippen MR) is 115 cm³/mol. The van der Waals surface area contributed by atoms with Crippen molar-refractivity contribution in [2.24, 2.45) is 0 Å². The zero-order valence-electron chi connectivity index (χ0n) is 17.6. The molecule has 1 aromatic carbocycles. The van der Waals surface area contributed by atoms with Gasteiger partial charge in [0.15, 0.2) is 0 Å². The zero-order chi connectivity index (χ0) is 22.2. The van der Waals surface area contributed by atoms with Crippen molar-refractivity contribution in [1.29, 1.82) is 0 Å². The number of likely N-dealkylation sites (tertiary alicyclic amines) is 1. The summed E-state index contributed by atoms with van der Waals surface area (Å²) in [5, 5.41) is -0.258. The fourth-order valence-corrected chi connectivity index (χ4v) is 6.42. The van der Waals surface area contributed by atoms with Gasteiger partial charge in [0, 0.05) is 26.1 Å². The number of hydrogen-bond acceptors (Lipinski definition) is 6. The van der Waals surface area contributed by atoms with Gasteiger partial charge in [-0.15, -0.1) is 0 Å². The number of imide groups is 1. The molecule has 2 heterocycles. The lowest BCUT2D eigenvalue weighted by molar-refractivity contribution is -0.131. The van der Waals surface area contributed by atoms with Gasteiger partial charge in [-0.3, -0.25) is 19.3 Å². The Labute approximate surface area is 181 Å². The molecule has 0 aromatic heterocycles. The molecule has 2 fully saturated rings. The van der Waals surface area contributed by atoms with E-state index in [9.17, 15) is 22.8 Å². The molecule has 1 aromatic rings. The van der Waals surface area contributed by atoms with Crippen molar-refractivity contribution in [2.45, 2.75) is 51.5 Å². The van der Waals surface area contributed by atoms with Crippen LogP contribution in [0.4, 0.5) is 4.79 Å². The van der Waals surface area contributed by atoms with Crippen LogP contribution in [0, 0.1) is 27.7 Å². The van der Waals surface area contributed by atoms with Crippen LogP contribution in [0.25, 0.3) is 0 Å². The highest BCUT2D eigenvalue weighted by Gasteiger charge is 2.40. The fourth-order valence-electron chi connectivity index (χ4n) is 4.00. The lowest BCUT2D eigenvalue weighted by Crippen LogP contribution is -2.42. The Morgan fingerprint density at radius 2 is 1.80 bits per heavy atom. The Morgan fingerprint density at radius 3 is 2.37 bits per heavy atom.